The molecule has 1 aromatic carbocycles. The third-order valence-electron chi connectivity index (χ3n) is 4.57. The molecule has 0 bridgehead atoms. The summed E-state index contributed by atoms with van der Waals surface area (Å²) in [6.45, 7) is 1.89. The first-order valence-electron chi connectivity index (χ1n) is 8.68. The highest BCUT2D eigenvalue weighted by atomic mass is 32.1. The number of hydrogen-bond acceptors (Lipinski definition) is 5. The first-order valence-corrected chi connectivity index (χ1v) is 9.49. The van der Waals surface area contributed by atoms with Crippen LogP contribution in [0.4, 0.5) is 9.52 Å². The standard InChI is InChI=1S/C19H19FN4OS/c20-15-6-1-4-13(10-15)11-22-17(25)14-5-3-9-24(12-14)19-23-16-7-2-8-21-18(16)26-19/h1-2,4,6-8,10,14H,3,5,9,11-12H2,(H,22,25). The number of benzene rings is 1. The topological polar surface area (TPSA) is 58.1 Å². The Balaban J connectivity index is 1.40. The van der Waals surface area contributed by atoms with Gasteiger partial charge in [-0.2, -0.15) is 0 Å². The Labute approximate surface area is 154 Å². The molecule has 1 fully saturated rings. The van der Waals surface area contributed by atoms with Gasteiger partial charge in [-0.05, 0) is 42.7 Å². The maximum Gasteiger partial charge on any atom is 0.225 e. The second-order valence-corrected chi connectivity index (χ2v) is 7.41. The van der Waals surface area contributed by atoms with Crippen LogP contribution < -0.4 is 10.2 Å². The molecule has 1 N–H and O–H groups in total. The number of anilines is 1. The number of thiazole rings is 1. The number of pyridine rings is 1. The molecule has 3 aromatic rings. The second-order valence-electron chi connectivity index (χ2n) is 6.46. The average Bonchev–Trinajstić information content (AvgIpc) is 3.10. The normalized spacial score (nSPS) is 17.4. The van der Waals surface area contributed by atoms with E-state index in [0.717, 1.165) is 40.4 Å². The van der Waals surface area contributed by atoms with Gasteiger partial charge >= 0.3 is 0 Å². The Kier molecular flexibility index (Phi) is 4.79. The molecular weight excluding hydrogens is 351 g/mol. The zero-order valence-corrected chi connectivity index (χ0v) is 15.0. The summed E-state index contributed by atoms with van der Waals surface area (Å²) < 4.78 is 13.2. The van der Waals surface area contributed by atoms with Crippen LogP contribution in [0.2, 0.25) is 0 Å². The van der Waals surface area contributed by atoms with E-state index in [2.05, 4.69) is 20.2 Å². The first kappa shape index (κ1) is 16.9. The number of aromatic nitrogens is 2. The van der Waals surface area contributed by atoms with Gasteiger partial charge in [0.2, 0.25) is 5.91 Å². The molecule has 1 saturated heterocycles. The van der Waals surface area contributed by atoms with Crippen molar-refractivity contribution in [3.63, 3.8) is 0 Å². The molecule has 1 aliphatic rings. The van der Waals surface area contributed by atoms with Crippen molar-refractivity contribution in [2.75, 3.05) is 18.0 Å². The van der Waals surface area contributed by atoms with E-state index < -0.39 is 0 Å². The number of hydrogen-bond donors (Lipinski definition) is 1. The van der Waals surface area contributed by atoms with E-state index in [1.54, 1.807) is 23.6 Å². The van der Waals surface area contributed by atoms with Gasteiger partial charge in [0.1, 0.15) is 16.2 Å². The van der Waals surface area contributed by atoms with Crippen LogP contribution in [0, 0.1) is 11.7 Å². The molecule has 5 nitrogen and oxygen atoms in total. The molecule has 1 aliphatic heterocycles. The highest BCUT2D eigenvalue weighted by molar-refractivity contribution is 7.21. The molecule has 3 heterocycles. The molecule has 0 spiro atoms. The lowest BCUT2D eigenvalue weighted by atomic mass is 9.97. The van der Waals surface area contributed by atoms with Crippen molar-refractivity contribution in [2.24, 2.45) is 5.92 Å². The fourth-order valence-electron chi connectivity index (χ4n) is 3.24. The van der Waals surface area contributed by atoms with Crippen LogP contribution in [0.15, 0.2) is 42.6 Å². The second kappa shape index (κ2) is 7.37. The van der Waals surface area contributed by atoms with Crippen LogP contribution in [0.3, 0.4) is 0 Å². The minimum Gasteiger partial charge on any atom is -0.352 e. The summed E-state index contributed by atoms with van der Waals surface area (Å²) in [4.78, 5) is 24.6. The van der Waals surface area contributed by atoms with Crippen molar-refractivity contribution >= 4 is 32.7 Å². The van der Waals surface area contributed by atoms with Crippen molar-refractivity contribution in [3.8, 4) is 0 Å². The van der Waals surface area contributed by atoms with Crippen LogP contribution in [0.5, 0.6) is 0 Å². The molecule has 2 aromatic heterocycles. The van der Waals surface area contributed by atoms with Gasteiger partial charge in [-0.1, -0.05) is 23.5 Å². The van der Waals surface area contributed by atoms with Crippen LogP contribution in [0.1, 0.15) is 18.4 Å². The minimum absolute atomic E-state index is 0.0122. The lowest BCUT2D eigenvalue weighted by Gasteiger charge is -2.31. The minimum atomic E-state index is -0.287. The number of piperidine rings is 1. The molecular formula is C19H19FN4OS. The fraction of sp³-hybridized carbons (Fsp3) is 0.316. The summed E-state index contributed by atoms with van der Waals surface area (Å²) in [5, 5.41) is 3.85. The lowest BCUT2D eigenvalue weighted by molar-refractivity contribution is -0.125. The predicted octanol–water partition coefficient (Wildman–Crippen LogP) is 3.36. The van der Waals surface area contributed by atoms with Gasteiger partial charge in [0.15, 0.2) is 5.13 Å². The van der Waals surface area contributed by atoms with Crippen molar-refractivity contribution in [1.82, 2.24) is 15.3 Å². The zero-order valence-electron chi connectivity index (χ0n) is 14.2. The maximum atomic E-state index is 13.2. The van der Waals surface area contributed by atoms with E-state index >= 15 is 0 Å². The Morgan fingerprint density at radius 2 is 2.27 bits per heavy atom. The third kappa shape index (κ3) is 3.67. The number of carbonyl (C=O) groups excluding carboxylic acids is 1. The number of carbonyl (C=O) groups is 1. The molecule has 1 amide bonds. The van der Waals surface area contributed by atoms with Gasteiger partial charge in [-0.25, -0.2) is 14.4 Å². The van der Waals surface area contributed by atoms with Gasteiger partial charge < -0.3 is 10.2 Å². The Morgan fingerprint density at radius 1 is 1.35 bits per heavy atom. The summed E-state index contributed by atoms with van der Waals surface area (Å²) in [6.07, 6.45) is 3.57. The Hall–Kier alpha value is -2.54. The Morgan fingerprint density at radius 3 is 3.12 bits per heavy atom. The number of amides is 1. The van der Waals surface area contributed by atoms with Gasteiger partial charge in [-0.15, -0.1) is 0 Å². The van der Waals surface area contributed by atoms with E-state index in [9.17, 15) is 9.18 Å². The molecule has 0 aliphatic carbocycles. The number of nitrogens with one attached hydrogen (secondary N) is 1. The SMILES string of the molecule is O=C(NCc1cccc(F)c1)C1CCCN(c2nc3cccnc3s2)C1. The number of rotatable bonds is 4. The highest BCUT2D eigenvalue weighted by Crippen LogP contribution is 2.30. The maximum absolute atomic E-state index is 13.2. The van der Waals surface area contributed by atoms with Crippen LogP contribution >= 0.6 is 11.3 Å². The largest absolute Gasteiger partial charge is 0.352 e. The average molecular weight is 370 g/mol. The highest BCUT2D eigenvalue weighted by Gasteiger charge is 2.27. The monoisotopic (exact) mass is 370 g/mol. The third-order valence-corrected chi connectivity index (χ3v) is 5.61. The molecule has 134 valence electrons. The van der Waals surface area contributed by atoms with Gasteiger partial charge in [0.05, 0.1) is 5.92 Å². The van der Waals surface area contributed by atoms with E-state index in [0.29, 0.717) is 13.1 Å². The van der Waals surface area contributed by atoms with Gasteiger partial charge in [0, 0.05) is 25.8 Å². The fourth-order valence-corrected chi connectivity index (χ4v) is 4.18. The van der Waals surface area contributed by atoms with Crippen molar-refractivity contribution in [3.05, 3.63) is 54.0 Å². The quantitative estimate of drug-likeness (QED) is 0.765. The Bertz CT molecular complexity index is 896. The van der Waals surface area contributed by atoms with E-state index in [-0.39, 0.29) is 17.6 Å². The van der Waals surface area contributed by atoms with Gasteiger partial charge in [0.25, 0.3) is 0 Å². The van der Waals surface area contributed by atoms with Crippen LogP contribution in [0.25, 0.3) is 10.3 Å². The first-order chi connectivity index (χ1) is 12.7. The van der Waals surface area contributed by atoms with Crippen molar-refractivity contribution in [1.29, 1.82) is 0 Å². The zero-order chi connectivity index (χ0) is 17.9. The number of nitrogens with zero attached hydrogens (tertiary/aromatic N) is 3. The van der Waals surface area contributed by atoms with Crippen LogP contribution in [-0.2, 0) is 11.3 Å². The molecule has 4 rings (SSSR count). The van der Waals surface area contributed by atoms with Crippen molar-refractivity contribution in [2.45, 2.75) is 19.4 Å². The smallest absolute Gasteiger partial charge is 0.225 e. The lowest BCUT2D eigenvalue weighted by Crippen LogP contribution is -2.42. The molecule has 7 heteroatoms. The van der Waals surface area contributed by atoms with E-state index in [1.165, 1.54) is 12.1 Å². The molecule has 26 heavy (non-hydrogen) atoms. The molecule has 0 saturated carbocycles. The summed E-state index contributed by atoms with van der Waals surface area (Å²) in [7, 11) is 0. The summed E-state index contributed by atoms with van der Waals surface area (Å²) in [5.74, 6) is -0.361. The number of fused-ring (bicyclic) bond motifs is 1. The molecule has 0 radical (unpaired) electrons. The van der Waals surface area contributed by atoms with E-state index in [1.807, 2.05) is 18.2 Å². The summed E-state index contributed by atoms with van der Waals surface area (Å²) in [6, 6.07) is 10.1. The summed E-state index contributed by atoms with van der Waals surface area (Å²) in [5.41, 5.74) is 1.66. The summed E-state index contributed by atoms with van der Waals surface area (Å²) >= 11 is 1.56. The van der Waals surface area contributed by atoms with Crippen molar-refractivity contribution < 1.29 is 9.18 Å². The molecule has 1 atom stereocenters. The van der Waals surface area contributed by atoms with E-state index in [4.69, 9.17) is 0 Å². The predicted molar refractivity (Wildman–Crippen MR) is 101 cm³/mol. The van der Waals surface area contributed by atoms with Crippen LogP contribution in [-0.4, -0.2) is 29.0 Å². The number of halogens is 1. The van der Waals surface area contributed by atoms with Gasteiger partial charge in [-0.3, -0.25) is 4.79 Å². The molecule has 1 unspecified atom stereocenters.